The maximum atomic E-state index is 12.7. The monoisotopic (exact) mass is 289 g/mol. The maximum absolute atomic E-state index is 12.7. The third kappa shape index (κ3) is 3.97. The summed E-state index contributed by atoms with van der Waals surface area (Å²) >= 11 is 0. The molecular formula is C12H18F3N5. The quantitative estimate of drug-likeness (QED) is 0.570. The van der Waals surface area contributed by atoms with E-state index in [1.165, 1.54) is 12.8 Å². The van der Waals surface area contributed by atoms with Crippen molar-refractivity contribution in [1.82, 2.24) is 9.88 Å². The molecule has 0 atom stereocenters. The first kappa shape index (κ1) is 14.9. The molecule has 2 heterocycles. The Hall–Kier alpha value is -1.54. The molecule has 0 radical (unpaired) electrons. The summed E-state index contributed by atoms with van der Waals surface area (Å²) in [5, 5.41) is 2.91. The van der Waals surface area contributed by atoms with Gasteiger partial charge in [-0.15, -0.1) is 0 Å². The largest absolute Gasteiger partial charge is 0.416 e. The smallest absolute Gasteiger partial charge is 0.369 e. The van der Waals surface area contributed by atoms with Crippen molar-refractivity contribution >= 4 is 11.6 Å². The van der Waals surface area contributed by atoms with E-state index in [2.05, 4.69) is 20.6 Å². The lowest BCUT2D eigenvalue weighted by Gasteiger charge is -2.16. The van der Waals surface area contributed by atoms with Crippen LogP contribution >= 0.6 is 0 Å². The number of aromatic nitrogens is 1. The molecular weight excluding hydrogens is 271 g/mol. The van der Waals surface area contributed by atoms with Crippen LogP contribution in [0.15, 0.2) is 12.1 Å². The molecule has 0 bridgehead atoms. The molecule has 20 heavy (non-hydrogen) atoms. The van der Waals surface area contributed by atoms with Gasteiger partial charge in [-0.25, -0.2) is 10.8 Å². The van der Waals surface area contributed by atoms with E-state index in [0.717, 1.165) is 31.8 Å². The Morgan fingerprint density at radius 3 is 2.45 bits per heavy atom. The Labute approximate surface area is 115 Å². The van der Waals surface area contributed by atoms with Crippen molar-refractivity contribution in [3.63, 3.8) is 0 Å². The van der Waals surface area contributed by atoms with Crippen molar-refractivity contribution < 1.29 is 13.2 Å². The fraction of sp³-hybridized carbons (Fsp3) is 0.583. The second-order valence-electron chi connectivity index (χ2n) is 4.74. The zero-order valence-corrected chi connectivity index (χ0v) is 11.0. The minimum absolute atomic E-state index is 0.0107. The summed E-state index contributed by atoms with van der Waals surface area (Å²) in [4.78, 5) is 6.23. The van der Waals surface area contributed by atoms with Gasteiger partial charge < -0.3 is 15.6 Å². The highest BCUT2D eigenvalue weighted by Gasteiger charge is 2.31. The summed E-state index contributed by atoms with van der Waals surface area (Å²) in [6, 6.07) is 1.87. The van der Waals surface area contributed by atoms with Gasteiger partial charge in [-0.2, -0.15) is 13.2 Å². The highest BCUT2D eigenvalue weighted by molar-refractivity contribution is 5.49. The topological polar surface area (TPSA) is 66.2 Å². The molecule has 0 amide bonds. The Bertz CT molecular complexity index is 443. The highest BCUT2D eigenvalue weighted by Crippen LogP contribution is 2.31. The number of nitrogen functional groups attached to an aromatic ring is 1. The summed E-state index contributed by atoms with van der Waals surface area (Å²) in [6.45, 7) is 3.45. The second kappa shape index (κ2) is 6.27. The summed E-state index contributed by atoms with van der Waals surface area (Å²) in [6.07, 6.45) is -2.05. The molecule has 1 saturated heterocycles. The Morgan fingerprint density at radius 1 is 1.20 bits per heavy atom. The number of nitrogens with zero attached hydrogens (tertiary/aromatic N) is 2. The minimum Gasteiger partial charge on any atom is -0.369 e. The van der Waals surface area contributed by atoms with E-state index < -0.39 is 11.7 Å². The van der Waals surface area contributed by atoms with Crippen molar-refractivity contribution in [1.29, 1.82) is 0 Å². The van der Waals surface area contributed by atoms with Gasteiger partial charge in [0.1, 0.15) is 11.6 Å². The number of alkyl halides is 3. The predicted octanol–water partition coefficient (Wildman–Crippen LogP) is 1.89. The SMILES string of the molecule is NNc1cc(C(F)(F)F)cc(NCCN2CCCC2)n1. The van der Waals surface area contributed by atoms with E-state index >= 15 is 0 Å². The zero-order chi connectivity index (χ0) is 14.6. The van der Waals surface area contributed by atoms with E-state index in [1.54, 1.807) is 0 Å². The molecule has 5 nitrogen and oxygen atoms in total. The van der Waals surface area contributed by atoms with Crippen molar-refractivity contribution in [2.75, 3.05) is 36.9 Å². The Balaban J connectivity index is 1.98. The van der Waals surface area contributed by atoms with E-state index in [4.69, 9.17) is 5.84 Å². The van der Waals surface area contributed by atoms with E-state index in [9.17, 15) is 13.2 Å². The number of halogens is 3. The molecule has 0 aliphatic carbocycles. The summed E-state index contributed by atoms with van der Waals surface area (Å²) in [5.74, 6) is 5.31. The van der Waals surface area contributed by atoms with Crippen LogP contribution in [-0.4, -0.2) is 36.1 Å². The predicted molar refractivity (Wildman–Crippen MR) is 71.2 cm³/mol. The fourth-order valence-corrected chi connectivity index (χ4v) is 2.21. The molecule has 1 aliphatic rings. The standard InChI is InChI=1S/C12H18F3N5/c13-12(14,15)9-7-10(18-11(8-9)19-16)17-3-6-20-4-1-2-5-20/h7-8H,1-6,16H2,(H2,17,18,19). The fourth-order valence-electron chi connectivity index (χ4n) is 2.21. The number of rotatable bonds is 5. The summed E-state index contributed by atoms with van der Waals surface area (Å²) in [5.41, 5.74) is 1.38. The Kier molecular flexibility index (Phi) is 4.66. The highest BCUT2D eigenvalue weighted by atomic mass is 19.4. The van der Waals surface area contributed by atoms with E-state index in [-0.39, 0.29) is 11.6 Å². The Morgan fingerprint density at radius 2 is 1.85 bits per heavy atom. The molecule has 1 fully saturated rings. The number of pyridine rings is 1. The number of nitrogens with two attached hydrogens (primary N) is 1. The third-order valence-electron chi connectivity index (χ3n) is 3.23. The lowest BCUT2D eigenvalue weighted by atomic mass is 10.2. The maximum Gasteiger partial charge on any atom is 0.416 e. The molecule has 1 aliphatic heterocycles. The first-order valence-corrected chi connectivity index (χ1v) is 6.51. The molecule has 4 N–H and O–H groups in total. The van der Waals surface area contributed by atoms with Crippen LogP contribution in [0.4, 0.5) is 24.8 Å². The van der Waals surface area contributed by atoms with Crippen molar-refractivity contribution in [3.8, 4) is 0 Å². The normalized spacial score (nSPS) is 16.4. The van der Waals surface area contributed by atoms with Gasteiger partial charge in [0.05, 0.1) is 5.56 Å². The van der Waals surface area contributed by atoms with Crippen LogP contribution in [0.1, 0.15) is 18.4 Å². The average Bonchev–Trinajstić information content (AvgIpc) is 2.90. The molecule has 2 rings (SSSR count). The molecule has 112 valence electrons. The van der Waals surface area contributed by atoms with Gasteiger partial charge in [0.2, 0.25) is 0 Å². The van der Waals surface area contributed by atoms with Crippen molar-refractivity contribution in [2.24, 2.45) is 5.84 Å². The van der Waals surface area contributed by atoms with Crippen LogP contribution < -0.4 is 16.6 Å². The minimum atomic E-state index is -4.42. The average molecular weight is 289 g/mol. The first-order valence-electron chi connectivity index (χ1n) is 6.51. The van der Waals surface area contributed by atoms with Gasteiger partial charge in [0, 0.05) is 13.1 Å². The van der Waals surface area contributed by atoms with Crippen LogP contribution in [0.25, 0.3) is 0 Å². The lowest BCUT2D eigenvalue weighted by molar-refractivity contribution is -0.137. The van der Waals surface area contributed by atoms with E-state index in [1.807, 2.05) is 0 Å². The zero-order valence-electron chi connectivity index (χ0n) is 11.0. The van der Waals surface area contributed by atoms with Gasteiger partial charge in [-0.1, -0.05) is 0 Å². The van der Waals surface area contributed by atoms with Crippen LogP contribution in [0.5, 0.6) is 0 Å². The summed E-state index contributed by atoms with van der Waals surface area (Å²) < 4.78 is 38.2. The van der Waals surface area contributed by atoms with Gasteiger partial charge in [-0.05, 0) is 38.1 Å². The molecule has 1 aromatic rings. The molecule has 0 unspecified atom stereocenters. The van der Waals surface area contributed by atoms with Crippen LogP contribution in [0.2, 0.25) is 0 Å². The van der Waals surface area contributed by atoms with Crippen molar-refractivity contribution in [3.05, 3.63) is 17.7 Å². The van der Waals surface area contributed by atoms with Gasteiger partial charge in [-0.3, -0.25) is 0 Å². The van der Waals surface area contributed by atoms with E-state index in [0.29, 0.717) is 6.54 Å². The van der Waals surface area contributed by atoms with Crippen LogP contribution in [0, 0.1) is 0 Å². The first-order chi connectivity index (χ1) is 9.49. The van der Waals surface area contributed by atoms with Crippen molar-refractivity contribution in [2.45, 2.75) is 19.0 Å². The van der Waals surface area contributed by atoms with Crippen LogP contribution in [-0.2, 0) is 6.18 Å². The lowest BCUT2D eigenvalue weighted by Crippen LogP contribution is -2.26. The molecule has 1 aromatic heterocycles. The third-order valence-corrected chi connectivity index (χ3v) is 3.23. The number of likely N-dealkylation sites (tertiary alicyclic amines) is 1. The number of hydrazine groups is 1. The van der Waals surface area contributed by atoms with Crippen LogP contribution in [0.3, 0.4) is 0 Å². The molecule has 0 spiro atoms. The summed E-state index contributed by atoms with van der Waals surface area (Å²) in [7, 11) is 0. The molecule has 0 saturated carbocycles. The van der Waals surface area contributed by atoms with Gasteiger partial charge >= 0.3 is 6.18 Å². The number of hydrogen-bond acceptors (Lipinski definition) is 5. The number of anilines is 2. The van der Waals surface area contributed by atoms with Gasteiger partial charge in [0.25, 0.3) is 0 Å². The number of hydrogen-bond donors (Lipinski definition) is 3. The second-order valence-corrected chi connectivity index (χ2v) is 4.74. The number of nitrogens with one attached hydrogen (secondary N) is 2. The van der Waals surface area contributed by atoms with Gasteiger partial charge in [0.15, 0.2) is 0 Å². The molecule has 8 heteroatoms. The molecule has 0 aromatic carbocycles.